The second-order valence-corrected chi connectivity index (χ2v) is 5.07. The largest absolute Gasteiger partial charge is 0.497 e. The fraction of sp³-hybridized carbons (Fsp3) is 0.118. The average molecular weight is 309 g/mol. The van der Waals surface area contributed by atoms with Gasteiger partial charge >= 0.3 is 0 Å². The summed E-state index contributed by atoms with van der Waals surface area (Å²) in [5, 5.41) is 15.4. The van der Waals surface area contributed by atoms with E-state index in [2.05, 4.69) is 5.10 Å². The second-order valence-electron chi connectivity index (χ2n) is 5.07. The van der Waals surface area contributed by atoms with E-state index in [-0.39, 0.29) is 5.69 Å². The van der Waals surface area contributed by atoms with Crippen LogP contribution in [0.5, 0.6) is 5.75 Å². The van der Waals surface area contributed by atoms with Crippen LogP contribution in [-0.2, 0) is 7.05 Å². The Morgan fingerprint density at radius 3 is 2.48 bits per heavy atom. The Labute approximate surface area is 133 Å². The highest BCUT2D eigenvalue weighted by atomic mass is 16.6. The van der Waals surface area contributed by atoms with Gasteiger partial charge in [-0.25, -0.2) is 0 Å². The van der Waals surface area contributed by atoms with Crippen LogP contribution < -0.4 is 4.74 Å². The minimum Gasteiger partial charge on any atom is -0.497 e. The maximum atomic E-state index is 10.9. The standard InChI is InChI=1S/C17H15N3O3/c1-19-17(13-4-3-5-14(10-13)20(21)22)11-16(18-19)12-6-8-15(23-2)9-7-12/h3-11H,1-2H3. The van der Waals surface area contributed by atoms with Crippen LogP contribution in [0.25, 0.3) is 22.5 Å². The first-order valence-corrected chi connectivity index (χ1v) is 7.02. The zero-order valence-corrected chi connectivity index (χ0v) is 12.8. The van der Waals surface area contributed by atoms with E-state index >= 15 is 0 Å². The average Bonchev–Trinajstić information content (AvgIpc) is 2.97. The number of nitro benzene ring substituents is 1. The summed E-state index contributed by atoms with van der Waals surface area (Å²) >= 11 is 0. The zero-order chi connectivity index (χ0) is 16.4. The summed E-state index contributed by atoms with van der Waals surface area (Å²) in [4.78, 5) is 10.5. The summed E-state index contributed by atoms with van der Waals surface area (Å²) in [6, 6.07) is 16.1. The summed E-state index contributed by atoms with van der Waals surface area (Å²) in [5.41, 5.74) is 3.40. The van der Waals surface area contributed by atoms with Crippen molar-refractivity contribution in [3.8, 4) is 28.3 Å². The van der Waals surface area contributed by atoms with E-state index in [1.165, 1.54) is 6.07 Å². The molecule has 0 unspecified atom stereocenters. The molecule has 2 aromatic carbocycles. The lowest BCUT2D eigenvalue weighted by Gasteiger charge is -2.01. The van der Waals surface area contributed by atoms with Crippen LogP contribution in [0.3, 0.4) is 0 Å². The van der Waals surface area contributed by atoms with Crippen molar-refractivity contribution in [2.45, 2.75) is 0 Å². The molecular weight excluding hydrogens is 294 g/mol. The first-order chi connectivity index (χ1) is 11.1. The molecule has 1 aromatic heterocycles. The molecule has 0 bridgehead atoms. The van der Waals surface area contributed by atoms with Crippen LogP contribution >= 0.6 is 0 Å². The van der Waals surface area contributed by atoms with Gasteiger partial charge in [-0.05, 0) is 30.3 Å². The fourth-order valence-corrected chi connectivity index (χ4v) is 2.42. The van der Waals surface area contributed by atoms with Gasteiger partial charge in [0.2, 0.25) is 0 Å². The van der Waals surface area contributed by atoms with E-state index in [0.29, 0.717) is 0 Å². The number of ether oxygens (including phenoxy) is 1. The summed E-state index contributed by atoms with van der Waals surface area (Å²) in [6.45, 7) is 0. The van der Waals surface area contributed by atoms with Crippen molar-refractivity contribution in [3.63, 3.8) is 0 Å². The third kappa shape index (κ3) is 2.91. The minimum absolute atomic E-state index is 0.0645. The lowest BCUT2D eigenvalue weighted by Crippen LogP contribution is -1.95. The third-order valence-electron chi connectivity index (χ3n) is 3.62. The minimum atomic E-state index is -0.399. The molecule has 3 rings (SSSR count). The van der Waals surface area contributed by atoms with Gasteiger partial charge in [0.15, 0.2) is 0 Å². The number of non-ortho nitro benzene ring substituents is 1. The van der Waals surface area contributed by atoms with Crippen LogP contribution in [0, 0.1) is 10.1 Å². The van der Waals surface area contributed by atoms with Gasteiger partial charge in [0.05, 0.1) is 23.4 Å². The first kappa shape index (κ1) is 14.8. The molecule has 0 fully saturated rings. The molecule has 0 amide bonds. The van der Waals surface area contributed by atoms with Gasteiger partial charge in [0, 0.05) is 30.3 Å². The molecule has 0 atom stereocenters. The van der Waals surface area contributed by atoms with Crippen molar-refractivity contribution in [2.24, 2.45) is 7.05 Å². The lowest BCUT2D eigenvalue weighted by molar-refractivity contribution is -0.384. The molecule has 0 aliphatic heterocycles. The number of aromatic nitrogens is 2. The molecule has 23 heavy (non-hydrogen) atoms. The highest BCUT2D eigenvalue weighted by molar-refractivity contribution is 5.70. The lowest BCUT2D eigenvalue weighted by atomic mass is 10.1. The summed E-state index contributed by atoms with van der Waals surface area (Å²) in [7, 11) is 3.44. The third-order valence-corrected chi connectivity index (χ3v) is 3.62. The van der Waals surface area contributed by atoms with Gasteiger partial charge in [-0.1, -0.05) is 12.1 Å². The molecule has 0 saturated carbocycles. The normalized spacial score (nSPS) is 10.5. The number of benzene rings is 2. The molecule has 3 aromatic rings. The summed E-state index contributed by atoms with van der Waals surface area (Å²) in [5.74, 6) is 0.781. The van der Waals surface area contributed by atoms with E-state index in [9.17, 15) is 10.1 Å². The molecule has 0 N–H and O–H groups in total. The number of hydrogen-bond acceptors (Lipinski definition) is 4. The molecule has 116 valence electrons. The van der Waals surface area contributed by atoms with Crippen LogP contribution in [0.15, 0.2) is 54.6 Å². The Bertz CT molecular complexity index is 854. The second kappa shape index (κ2) is 5.92. The molecule has 0 spiro atoms. The smallest absolute Gasteiger partial charge is 0.270 e. The van der Waals surface area contributed by atoms with Gasteiger partial charge in [-0.3, -0.25) is 14.8 Å². The van der Waals surface area contributed by atoms with Crippen molar-refractivity contribution in [1.82, 2.24) is 9.78 Å². The number of methoxy groups -OCH3 is 1. The fourth-order valence-electron chi connectivity index (χ4n) is 2.42. The van der Waals surface area contributed by atoms with E-state index in [4.69, 9.17) is 4.74 Å². The predicted octanol–water partition coefficient (Wildman–Crippen LogP) is 3.67. The Hall–Kier alpha value is -3.15. The van der Waals surface area contributed by atoms with Crippen molar-refractivity contribution >= 4 is 5.69 Å². The zero-order valence-electron chi connectivity index (χ0n) is 12.8. The van der Waals surface area contributed by atoms with Crippen molar-refractivity contribution in [2.75, 3.05) is 7.11 Å². The Balaban J connectivity index is 2.00. The van der Waals surface area contributed by atoms with Crippen LogP contribution in [0.4, 0.5) is 5.69 Å². The van der Waals surface area contributed by atoms with Gasteiger partial charge < -0.3 is 4.74 Å². The highest BCUT2D eigenvalue weighted by Gasteiger charge is 2.12. The van der Waals surface area contributed by atoms with Gasteiger partial charge in [0.25, 0.3) is 5.69 Å². The quantitative estimate of drug-likeness (QED) is 0.544. The predicted molar refractivity (Wildman–Crippen MR) is 87.3 cm³/mol. The molecule has 0 saturated heterocycles. The first-order valence-electron chi connectivity index (χ1n) is 7.02. The van der Waals surface area contributed by atoms with E-state index in [0.717, 1.165) is 28.3 Å². The molecular formula is C17H15N3O3. The van der Waals surface area contributed by atoms with Crippen molar-refractivity contribution < 1.29 is 9.66 Å². The van der Waals surface area contributed by atoms with Crippen molar-refractivity contribution in [3.05, 3.63) is 64.7 Å². The number of rotatable bonds is 4. The van der Waals surface area contributed by atoms with E-state index in [1.807, 2.05) is 43.4 Å². The Morgan fingerprint density at radius 1 is 1.09 bits per heavy atom. The Morgan fingerprint density at radius 2 is 1.83 bits per heavy atom. The number of aryl methyl sites for hydroxylation is 1. The monoisotopic (exact) mass is 309 g/mol. The maximum absolute atomic E-state index is 10.9. The van der Waals surface area contributed by atoms with Crippen LogP contribution in [0.1, 0.15) is 0 Å². The number of nitrogens with zero attached hydrogens (tertiary/aromatic N) is 3. The topological polar surface area (TPSA) is 70.2 Å². The van der Waals surface area contributed by atoms with E-state index < -0.39 is 4.92 Å². The molecule has 0 radical (unpaired) electrons. The van der Waals surface area contributed by atoms with Crippen molar-refractivity contribution in [1.29, 1.82) is 0 Å². The SMILES string of the molecule is COc1ccc(-c2cc(-c3cccc([N+](=O)[O-])c3)n(C)n2)cc1. The molecule has 0 aliphatic rings. The molecule has 0 aliphatic carbocycles. The maximum Gasteiger partial charge on any atom is 0.270 e. The molecule has 1 heterocycles. The Kier molecular flexibility index (Phi) is 3.80. The van der Waals surface area contributed by atoms with Gasteiger partial charge in [-0.2, -0.15) is 5.10 Å². The highest BCUT2D eigenvalue weighted by Crippen LogP contribution is 2.28. The van der Waals surface area contributed by atoms with E-state index in [1.54, 1.807) is 23.9 Å². The van der Waals surface area contributed by atoms with Crippen LogP contribution in [0.2, 0.25) is 0 Å². The summed E-state index contributed by atoms with van der Waals surface area (Å²) < 4.78 is 6.87. The number of hydrogen-bond donors (Lipinski definition) is 0. The summed E-state index contributed by atoms with van der Waals surface area (Å²) in [6.07, 6.45) is 0. The number of nitro groups is 1. The van der Waals surface area contributed by atoms with Crippen LogP contribution in [-0.4, -0.2) is 21.8 Å². The molecule has 6 heteroatoms. The molecule has 6 nitrogen and oxygen atoms in total. The van der Waals surface area contributed by atoms with Gasteiger partial charge in [-0.15, -0.1) is 0 Å². The van der Waals surface area contributed by atoms with Gasteiger partial charge in [0.1, 0.15) is 5.75 Å².